The van der Waals surface area contributed by atoms with Gasteiger partial charge < -0.3 is 4.98 Å². The van der Waals surface area contributed by atoms with Crippen LogP contribution in [0.5, 0.6) is 0 Å². The molecule has 7 nitrogen and oxygen atoms in total. The van der Waals surface area contributed by atoms with E-state index in [1.54, 1.807) is 32.2 Å². The zero-order chi connectivity index (χ0) is 21.2. The molecule has 3 rings (SSSR count). The molecule has 0 spiro atoms. The van der Waals surface area contributed by atoms with Crippen molar-refractivity contribution in [3.8, 4) is 5.69 Å². The van der Waals surface area contributed by atoms with Gasteiger partial charge in [-0.3, -0.25) is 20.4 Å². The van der Waals surface area contributed by atoms with Crippen LogP contribution in [0.3, 0.4) is 0 Å². The van der Waals surface area contributed by atoms with E-state index in [1.807, 2.05) is 0 Å². The Kier molecular flexibility index (Phi) is 5.44. The average Bonchev–Trinajstić information content (AvgIpc) is 3.30. The van der Waals surface area contributed by atoms with Crippen molar-refractivity contribution >= 4 is 11.8 Å². The second kappa shape index (κ2) is 7.82. The van der Waals surface area contributed by atoms with Crippen molar-refractivity contribution in [2.75, 3.05) is 0 Å². The number of rotatable bonds is 4. The van der Waals surface area contributed by atoms with Crippen LogP contribution >= 0.6 is 0 Å². The maximum Gasteiger partial charge on any atom is 0.416 e. The van der Waals surface area contributed by atoms with Gasteiger partial charge in [-0.1, -0.05) is 6.07 Å². The molecular formula is C19H18F3N5O2. The molecule has 3 N–H and O–H groups in total. The van der Waals surface area contributed by atoms with E-state index in [4.69, 9.17) is 0 Å². The first-order valence-electron chi connectivity index (χ1n) is 8.62. The Morgan fingerprint density at radius 3 is 2.55 bits per heavy atom. The van der Waals surface area contributed by atoms with Crippen LogP contribution in [0.1, 0.15) is 33.0 Å². The number of carbonyl (C=O) groups excluding carboxylic acids is 2. The van der Waals surface area contributed by atoms with E-state index < -0.39 is 23.6 Å². The number of benzene rings is 1. The zero-order valence-corrected chi connectivity index (χ0v) is 15.6. The van der Waals surface area contributed by atoms with Crippen molar-refractivity contribution in [1.82, 2.24) is 25.6 Å². The maximum absolute atomic E-state index is 13.0. The summed E-state index contributed by atoms with van der Waals surface area (Å²) in [5.41, 5.74) is 5.94. The summed E-state index contributed by atoms with van der Waals surface area (Å²) in [6.07, 6.45) is -2.99. The predicted octanol–water partition coefficient (Wildman–Crippen LogP) is 2.84. The number of amides is 2. The summed E-state index contributed by atoms with van der Waals surface area (Å²) in [4.78, 5) is 26.7. The van der Waals surface area contributed by atoms with Gasteiger partial charge in [0.2, 0.25) is 5.91 Å². The van der Waals surface area contributed by atoms with Crippen LogP contribution in [0.15, 0.2) is 42.6 Å². The molecule has 2 amide bonds. The summed E-state index contributed by atoms with van der Waals surface area (Å²) in [7, 11) is 0. The number of alkyl halides is 3. The standard InChI is InChI=1S/C19H18F3N5O2/c1-11-15(10-17(28)24-25-18(29)16-7-4-8-23-16)12(2)27(26-11)14-6-3-5-13(9-14)19(20,21)22/h3-9,23H,10H2,1-2H3,(H,24,28)(H,25,29). The topological polar surface area (TPSA) is 91.8 Å². The van der Waals surface area contributed by atoms with Crippen molar-refractivity contribution in [2.45, 2.75) is 26.4 Å². The Morgan fingerprint density at radius 1 is 1.14 bits per heavy atom. The molecule has 0 atom stereocenters. The average molecular weight is 405 g/mol. The molecule has 152 valence electrons. The fourth-order valence-corrected chi connectivity index (χ4v) is 2.87. The molecule has 29 heavy (non-hydrogen) atoms. The lowest BCUT2D eigenvalue weighted by Gasteiger charge is -2.10. The molecule has 0 saturated heterocycles. The summed E-state index contributed by atoms with van der Waals surface area (Å²) in [5.74, 6) is -0.990. The van der Waals surface area contributed by atoms with Crippen molar-refractivity contribution in [2.24, 2.45) is 0 Å². The number of nitrogens with one attached hydrogen (secondary N) is 3. The van der Waals surface area contributed by atoms with E-state index in [0.29, 0.717) is 17.0 Å². The van der Waals surface area contributed by atoms with Crippen molar-refractivity contribution in [3.63, 3.8) is 0 Å². The lowest BCUT2D eigenvalue weighted by molar-refractivity contribution is -0.137. The molecule has 0 aliphatic carbocycles. The molecule has 2 aromatic heterocycles. The Bertz CT molecular complexity index is 1040. The van der Waals surface area contributed by atoms with Gasteiger partial charge in [0.05, 0.1) is 23.4 Å². The normalized spacial score (nSPS) is 11.3. The monoisotopic (exact) mass is 405 g/mol. The number of aromatic nitrogens is 3. The highest BCUT2D eigenvalue weighted by Gasteiger charge is 2.30. The zero-order valence-electron chi connectivity index (χ0n) is 15.6. The minimum Gasteiger partial charge on any atom is -0.357 e. The van der Waals surface area contributed by atoms with Gasteiger partial charge in [0.1, 0.15) is 5.69 Å². The highest BCUT2D eigenvalue weighted by Crippen LogP contribution is 2.30. The largest absolute Gasteiger partial charge is 0.416 e. The van der Waals surface area contributed by atoms with Crippen LogP contribution in [0.2, 0.25) is 0 Å². The molecule has 3 aromatic rings. The van der Waals surface area contributed by atoms with Crippen LogP contribution in [0, 0.1) is 13.8 Å². The molecule has 2 heterocycles. The molecule has 0 radical (unpaired) electrons. The van der Waals surface area contributed by atoms with Gasteiger partial charge in [-0.05, 0) is 44.2 Å². The van der Waals surface area contributed by atoms with Crippen molar-refractivity contribution in [3.05, 3.63) is 70.8 Å². The lowest BCUT2D eigenvalue weighted by Crippen LogP contribution is -2.42. The molecular weight excluding hydrogens is 387 g/mol. The Morgan fingerprint density at radius 2 is 1.90 bits per heavy atom. The maximum atomic E-state index is 13.0. The second-order valence-corrected chi connectivity index (χ2v) is 6.37. The first-order chi connectivity index (χ1) is 13.7. The molecule has 0 saturated carbocycles. The van der Waals surface area contributed by atoms with Gasteiger partial charge >= 0.3 is 6.18 Å². The predicted molar refractivity (Wildman–Crippen MR) is 98.1 cm³/mol. The van der Waals surface area contributed by atoms with E-state index in [-0.39, 0.29) is 17.8 Å². The number of hydrogen-bond donors (Lipinski definition) is 3. The lowest BCUT2D eigenvalue weighted by atomic mass is 10.1. The summed E-state index contributed by atoms with van der Waals surface area (Å²) in [5, 5.41) is 4.27. The fraction of sp³-hybridized carbons (Fsp3) is 0.211. The van der Waals surface area contributed by atoms with E-state index >= 15 is 0 Å². The van der Waals surface area contributed by atoms with Gasteiger partial charge in [-0.15, -0.1) is 0 Å². The van der Waals surface area contributed by atoms with Crippen LogP contribution in [0.25, 0.3) is 5.69 Å². The molecule has 0 aliphatic rings. The third kappa shape index (κ3) is 4.48. The summed E-state index contributed by atoms with van der Waals surface area (Å²) >= 11 is 0. The summed E-state index contributed by atoms with van der Waals surface area (Å²) in [6, 6.07) is 7.99. The smallest absolute Gasteiger partial charge is 0.357 e. The van der Waals surface area contributed by atoms with Crippen molar-refractivity contribution in [1.29, 1.82) is 0 Å². The first-order valence-corrected chi connectivity index (χ1v) is 8.62. The number of aromatic amines is 1. The summed E-state index contributed by atoms with van der Waals surface area (Å²) < 4.78 is 40.3. The molecule has 0 fully saturated rings. The van der Waals surface area contributed by atoms with Gasteiger partial charge in [0.15, 0.2) is 0 Å². The van der Waals surface area contributed by atoms with Gasteiger partial charge in [-0.25, -0.2) is 4.68 Å². The fourth-order valence-electron chi connectivity index (χ4n) is 2.87. The van der Waals surface area contributed by atoms with Crippen LogP contribution in [-0.2, 0) is 17.4 Å². The number of hydrazine groups is 1. The van der Waals surface area contributed by atoms with E-state index in [0.717, 1.165) is 12.1 Å². The molecule has 0 aliphatic heterocycles. The Balaban J connectivity index is 1.74. The number of carbonyl (C=O) groups is 2. The number of nitrogens with zero attached hydrogens (tertiary/aromatic N) is 2. The summed E-state index contributed by atoms with van der Waals surface area (Å²) in [6.45, 7) is 3.33. The van der Waals surface area contributed by atoms with E-state index in [1.165, 1.54) is 16.8 Å². The minimum absolute atomic E-state index is 0.0956. The quantitative estimate of drug-likeness (QED) is 0.583. The Labute approximate surface area is 163 Å². The number of halogens is 3. The third-order valence-corrected chi connectivity index (χ3v) is 4.35. The van der Waals surface area contributed by atoms with E-state index in [2.05, 4.69) is 20.9 Å². The van der Waals surface area contributed by atoms with Crippen molar-refractivity contribution < 1.29 is 22.8 Å². The molecule has 1 aromatic carbocycles. The molecule has 10 heteroatoms. The number of H-pyrrole nitrogens is 1. The first kappa shape index (κ1) is 20.2. The van der Waals surface area contributed by atoms with Gasteiger partial charge in [-0.2, -0.15) is 18.3 Å². The number of aryl methyl sites for hydroxylation is 1. The number of hydrogen-bond acceptors (Lipinski definition) is 3. The van der Waals surface area contributed by atoms with Crippen LogP contribution < -0.4 is 10.9 Å². The minimum atomic E-state index is -4.47. The van der Waals surface area contributed by atoms with E-state index in [9.17, 15) is 22.8 Å². The highest BCUT2D eigenvalue weighted by molar-refractivity contribution is 5.93. The Hall–Kier alpha value is -3.56. The van der Waals surface area contributed by atoms with Gasteiger partial charge in [0, 0.05) is 17.5 Å². The third-order valence-electron chi connectivity index (χ3n) is 4.35. The highest BCUT2D eigenvalue weighted by atomic mass is 19.4. The second-order valence-electron chi connectivity index (χ2n) is 6.37. The SMILES string of the molecule is Cc1nn(-c2cccc(C(F)(F)F)c2)c(C)c1CC(=O)NNC(=O)c1ccc[nH]1. The molecule has 0 bridgehead atoms. The van der Waals surface area contributed by atoms with Crippen LogP contribution in [0.4, 0.5) is 13.2 Å². The van der Waals surface area contributed by atoms with Gasteiger partial charge in [0.25, 0.3) is 5.91 Å². The molecule has 0 unspecified atom stereocenters. The van der Waals surface area contributed by atoms with Crippen LogP contribution in [-0.4, -0.2) is 26.6 Å².